The molecule has 3 aromatic rings. The van der Waals surface area contributed by atoms with Gasteiger partial charge in [0.25, 0.3) is 0 Å². The van der Waals surface area contributed by atoms with Gasteiger partial charge in [0, 0.05) is 11.3 Å². The van der Waals surface area contributed by atoms with E-state index in [0.29, 0.717) is 35.1 Å². The number of benzene rings is 3. The molecular weight excluding hydrogens is 418 g/mol. The number of carbonyl (C=O) groups excluding carboxylic acids is 2. The third-order valence-corrected chi connectivity index (χ3v) is 5.07. The number of hydrogen-bond acceptors (Lipinski definition) is 5. The minimum atomic E-state index is -0.861. The Balaban J connectivity index is 1.63. The molecular formula is C26H27N3O4. The molecule has 7 heteroatoms. The molecule has 0 fully saturated rings. The summed E-state index contributed by atoms with van der Waals surface area (Å²) in [6, 6.07) is 20.5. The van der Waals surface area contributed by atoms with Crippen molar-refractivity contribution in [3.8, 4) is 11.5 Å². The third-order valence-electron chi connectivity index (χ3n) is 5.07. The van der Waals surface area contributed by atoms with Gasteiger partial charge in [0.1, 0.15) is 6.61 Å². The van der Waals surface area contributed by atoms with E-state index >= 15 is 0 Å². The smallest absolute Gasteiger partial charge is 0.329 e. The maximum absolute atomic E-state index is 12.1. The Hall–Kier alpha value is -4.13. The molecule has 0 aliphatic carbocycles. The van der Waals surface area contributed by atoms with E-state index in [-0.39, 0.29) is 0 Å². The molecule has 0 radical (unpaired) electrons. The van der Waals surface area contributed by atoms with Crippen LogP contribution in [0.5, 0.6) is 11.5 Å². The lowest BCUT2D eigenvalue weighted by Gasteiger charge is -2.13. The molecule has 3 aromatic carbocycles. The Kier molecular flexibility index (Phi) is 7.81. The van der Waals surface area contributed by atoms with Crippen LogP contribution in [0.3, 0.4) is 0 Å². The maximum atomic E-state index is 12.1. The van der Waals surface area contributed by atoms with Gasteiger partial charge >= 0.3 is 11.8 Å². The molecule has 2 N–H and O–H groups in total. The van der Waals surface area contributed by atoms with Gasteiger partial charge in [-0.25, -0.2) is 5.43 Å². The average molecular weight is 446 g/mol. The van der Waals surface area contributed by atoms with Crippen molar-refractivity contribution >= 4 is 23.2 Å². The first-order chi connectivity index (χ1) is 15.9. The Morgan fingerprint density at radius 2 is 1.64 bits per heavy atom. The van der Waals surface area contributed by atoms with E-state index in [9.17, 15) is 9.59 Å². The fourth-order valence-electron chi connectivity index (χ4n) is 3.01. The number of methoxy groups -OCH3 is 1. The monoisotopic (exact) mass is 445 g/mol. The zero-order valence-corrected chi connectivity index (χ0v) is 19.1. The van der Waals surface area contributed by atoms with Crippen LogP contribution in [-0.4, -0.2) is 24.6 Å². The van der Waals surface area contributed by atoms with Crippen LogP contribution in [0, 0.1) is 13.8 Å². The summed E-state index contributed by atoms with van der Waals surface area (Å²) in [6.07, 6.45) is 0. The number of nitrogens with zero attached hydrogens (tertiary/aromatic N) is 1. The molecule has 0 aromatic heterocycles. The zero-order chi connectivity index (χ0) is 23.8. The molecule has 170 valence electrons. The number of carbonyl (C=O) groups is 2. The van der Waals surface area contributed by atoms with Gasteiger partial charge in [-0.15, -0.1) is 0 Å². The van der Waals surface area contributed by atoms with Crippen molar-refractivity contribution < 1.29 is 19.1 Å². The normalized spacial score (nSPS) is 11.0. The van der Waals surface area contributed by atoms with E-state index in [1.165, 1.54) is 0 Å². The summed E-state index contributed by atoms with van der Waals surface area (Å²) < 4.78 is 11.4. The fourth-order valence-corrected chi connectivity index (χ4v) is 3.01. The molecule has 0 atom stereocenters. The molecule has 33 heavy (non-hydrogen) atoms. The van der Waals surface area contributed by atoms with Gasteiger partial charge in [-0.3, -0.25) is 9.59 Å². The highest BCUT2D eigenvalue weighted by atomic mass is 16.5. The van der Waals surface area contributed by atoms with E-state index in [2.05, 4.69) is 15.8 Å². The van der Waals surface area contributed by atoms with Crippen molar-refractivity contribution in [2.75, 3.05) is 12.4 Å². The summed E-state index contributed by atoms with van der Waals surface area (Å²) in [7, 11) is 1.56. The first kappa shape index (κ1) is 23.5. The van der Waals surface area contributed by atoms with Gasteiger partial charge in [-0.2, -0.15) is 5.10 Å². The van der Waals surface area contributed by atoms with Crippen molar-refractivity contribution in [3.63, 3.8) is 0 Å². The quantitative estimate of drug-likeness (QED) is 0.321. The fraction of sp³-hybridized carbons (Fsp3) is 0.192. The van der Waals surface area contributed by atoms with Crippen LogP contribution >= 0.6 is 0 Å². The number of hydrogen-bond donors (Lipinski definition) is 2. The van der Waals surface area contributed by atoms with Crippen molar-refractivity contribution in [3.05, 3.63) is 89.0 Å². The van der Waals surface area contributed by atoms with Crippen molar-refractivity contribution in [2.45, 2.75) is 27.4 Å². The Morgan fingerprint density at radius 1 is 0.909 bits per heavy atom. The molecule has 0 aliphatic heterocycles. The van der Waals surface area contributed by atoms with Crippen molar-refractivity contribution in [2.24, 2.45) is 5.10 Å². The summed E-state index contributed by atoms with van der Waals surface area (Å²) in [5.74, 6) is -0.522. The SMILES string of the molecule is COc1cc(/C(C)=N/NC(=O)C(=O)Nc2ccc(C)cc2)ccc1OCc1ccccc1C. The molecule has 0 saturated heterocycles. The van der Waals surface area contributed by atoms with Crippen LogP contribution < -0.4 is 20.2 Å². The molecule has 0 aliphatic rings. The molecule has 3 rings (SSSR count). The van der Waals surface area contributed by atoms with E-state index in [4.69, 9.17) is 9.47 Å². The molecule has 2 amide bonds. The summed E-state index contributed by atoms with van der Waals surface area (Å²) >= 11 is 0. The van der Waals surface area contributed by atoms with Gasteiger partial charge in [-0.05, 0) is 62.2 Å². The summed E-state index contributed by atoms with van der Waals surface area (Å²) in [4.78, 5) is 24.2. The van der Waals surface area contributed by atoms with Crippen molar-refractivity contribution in [1.29, 1.82) is 0 Å². The van der Waals surface area contributed by atoms with E-state index < -0.39 is 11.8 Å². The topological polar surface area (TPSA) is 89.0 Å². The highest BCUT2D eigenvalue weighted by Gasteiger charge is 2.14. The number of amides is 2. The number of nitrogens with one attached hydrogen (secondary N) is 2. The van der Waals surface area contributed by atoms with Crippen LogP contribution in [0.1, 0.15) is 29.2 Å². The minimum Gasteiger partial charge on any atom is -0.493 e. The minimum absolute atomic E-state index is 0.418. The van der Waals surface area contributed by atoms with Crippen molar-refractivity contribution in [1.82, 2.24) is 5.43 Å². The summed E-state index contributed by atoms with van der Waals surface area (Å²) in [5, 5.41) is 6.57. The second-order valence-corrected chi connectivity index (χ2v) is 7.54. The highest BCUT2D eigenvalue weighted by Crippen LogP contribution is 2.29. The molecule has 7 nitrogen and oxygen atoms in total. The summed E-state index contributed by atoms with van der Waals surface area (Å²) in [5.41, 5.74) is 7.34. The van der Waals surface area contributed by atoms with Gasteiger partial charge in [0.05, 0.1) is 12.8 Å². The number of ether oxygens (including phenoxy) is 2. The van der Waals surface area contributed by atoms with Crippen LogP contribution in [-0.2, 0) is 16.2 Å². The van der Waals surface area contributed by atoms with Crippen LogP contribution in [0.4, 0.5) is 5.69 Å². The third kappa shape index (κ3) is 6.43. The predicted octanol–water partition coefficient (Wildman–Crippen LogP) is 4.37. The Bertz CT molecular complexity index is 1170. The van der Waals surface area contributed by atoms with Gasteiger partial charge in [0.2, 0.25) is 0 Å². The number of rotatable bonds is 7. The molecule has 0 saturated carbocycles. The average Bonchev–Trinajstić information content (AvgIpc) is 2.83. The molecule has 0 spiro atoms. The highest BCUT2D eigenvalue weighted by molar-refractivity contribution is 6.39. The first-order valence-electron chi connectivity index (χ1n) is 10.5. The molecule has 0 unspecified atom stereocenters. The second-order valence-electron chi connectivity index (χ2n) is 7.54. The van der Waals surface area contributed by atoms with Crippen LogP contribution in [0.25, 0.3) is 0 Å². The van der Waals surface area contributed by atoms with Gasteiger partial charge in [-0.1, -0.05) is 42.0 Å². The second kappa shape index (κ2) is 10.9. The number of aryl methyl sites for hydroxylation is 2. The first-order valence-corrected chi connectivity index (χ1v) is 10.5. The number of hydrazone groups is 1. The molecule has 0 heterocycles. The van der Waals surface area contributed by atoms with E-state index in [0.717, 1.165) is 16.7 Å². The Morgan fingerprint density at radius 3 is 2.33 bits per heavy atom. The Labute approximate surface area is 193 Å². The van der Waals surface area contributed by atoms with Gasteiger partial charge in [0.15, 0.2) is 11.5 Å². The van der Waals surface area contributed by atoms with E-state index in [1.54, 1.807) is 38.3 Å². The van der Waals surface area contributed by atoms with Gasteiger partial charge < -0.3 is 14.8 Å². The standard InChI is InChI=1S/C26H27N3O4/c1-17-9-12-22(13-10-17)27-25(30)26(31)29-28-19(3)20-11-14-23(24(15-20)32-4)33-16-21-8-6-5-7-18(21)2/h5-15H,16H2,1-4H3,(H,27,30)(H,29,31)/b28-19+. The van der Waals surface area contributed by atoms with E-state index in [1.807, 2.05) is 56.3 Å². The maximum Gasteiger partial charge on any atom is 0.329 e. The largest absolute Gasteiger partial charge is 0.493 e. The lowest BCUT2D eigenvalue weighted by Crippen LogP contribution is -2.32. The number of anilines is 1. The summed E-state index contributed by atoms with van der Waals surface area (Å²) in [6.45, 7) is 6.12. The lowest BCUT2D eigenvalue weighted by molar-refractivity contribution is -0.136. The lowest BCUT2D eigenvalue weighted by atomic mass is 10.1. The zero-order valence-electron chi connectivity index (χ0n) is 19.1. The van der Waals surface area contributed by atoms with Crippen LogP contribution in [0.2, 0.25) is 0 Å². The predicted molar refractivity (Wildman–Crippen MR) is 129 cm³/mol. The van der Waals surface area contributed by atoms with Crippen LogP contribution in [0.15, 0.2) is 71.8 Å². The molecule has 0 bridgehead atoms.